The summed E-state index contributed by atoms with van der Waals surface area (Å²) in [7, 11) is 1.53. The standard InChI is InChI=1S/C26H20N6O5/c1-36-23-11-10-17(12-19(23)16-37-21-9-5-8-20(13-21)32(34)35)15-28-31-26-29-24(18-6-3-2-4-7-18)22(14-27)25(33)30-26/h2-13,15H,16H2,1H3,(H2,29,30,31,33). The number of non-ortho nitro benzene ring substituents is 1. The first-order chi connectivity index (χ1) is 18.0. The Kier molecular flexibility index (Phi) is 7.51. The molecule has 0 unspecified atom stereocenters. The van der Waals surface area contributed by atoms with E-state index < -0.39 is 10.5 Å². The smallest absolute Gasteiger partial charge is 0.273 e. The maximum Gasteiger partial charge on any atom is 0.273 e. The number of rotatable bonds is 9. The number of nitro groups is 1. The van der Waals surface area contributed by atoms with Crippen LogP contribution in [0.3, 0.4) is 0 Å². The zero-order chi connectivity index (χ0) is 26.2. The number of ether oxygens (including phenoxy) is 2. The number of H-pyrrole nitrogens is 1. The van der Waals surface area contributed by atoms with E-state index in [-0.39, 0.29) is 29.5 Å². The van der Waals surface area contributed by atoms with Crippen molar-refractivity contribution in [3.05, 3.63) is 110 Å². The number of nitrogens with one attached hydrogen (secondary N) is 2. The van der Waals surface area contributed by atoms with Crippen molar-refractivity contribution in [3.63, 3.8) is 0 Å². The Labute approximate surface area is 210 Å². The van der Waals surface area contributed by atoms with E-state index in [1.807, 2.05) is 12.1 Å². The lowest BCUT2D eigenvalue weighted by atomic mass is 10.1. The Hall–Kier alpha value is -5.50. The molecule has 0 aliphatic carbocycles. The van der Waals surface area contributed by atoms with Crippen LogP contribution in [0.5, 0.6) is 11.5 Å². The van der Waals surface area contributed by atoms with E-state index in [2.05, 4.69) is 20.5 Å². The first kappa shape index (κ1) is 24.6. The van der Waals surface area contributed by atoms with Crippen molar-refractivity contribution in [1.29, 1.82) is 5.26 Å². The molecule has 0 aliphatic heterocycles. The molecule has 0 saturated carbocycles. The van der Waals surface area contributed by atoms with E-state index in [0.29, 0.717) is 28.2 Å². The first-order valence-electron chi connectivity index (χ1n) is 10.9. The lowest BCUT2D eigenvalue weighted by molar-refractivity contribution is -0.384. The van der Waals surface area contributed by atoms with Gasteiger partial charge < -0.3 is 9.47 Å². The van der Waals surface area contributed by atoms with Crippen LogP contribution in [0.2, 0.25) is 0 Å². The van der Waals surface area contributed by atoms with Gasteiger partial charge in [-0.25, -0.2) is 10.4 Å². The van der Waals surface area contributed by atoms with Gasteiger partial charge in [0, 0.05) is 17.2 Å². The van der Waals surface area contributed by atoms with Gasteiger partial charge in [0.05, 0.1) is 30.0 Å². The molecule has 0 radical (unpaired) electrons. The minimum Gasteiger partial charge on any atom is -0.496 e. The molecule has 0 saturated heterocycles. The quantitative estimate of drug-likeness (QED) is 0.198. The summed E-state index contributed by atoms with van der Waals surface area (Å²) in [5.74, 6) is 0.991. The van der Waals surface area contributed by atoms with E-state index >= 15 is 0 Å². The van der Waals surface area contributed by atoms with Gasteiger partial charge in [-0.2, -0.15) is 10.4 Å². The third-order valence-corrected chi connectivity index (χ3v) is 5.19. The molecule has 1 aromatic heterocycles. The van der Waals surface area contributed by atoms with Crippen LogP contribution in [0, 0.1) is 21.4 Å². The number of nitriles is 1. The molecule has 4 rings (SSSR count). The van der Waals surface area contributed by atoms with Crippen LogP contribution in [0.15, 0.2) is 82.7 Å². The monoisotopic (exact) mass is 496 g/mol. The summed E-state index contributed by atoms with van der Waals surface area (Å²) < 4.78 is 11.1. The van der Waals surface area contributed by atoms with E-state index in [1.54, 1.807) is 54.6 Å². The zero-order valence-electron chi connectivity index (χ0n) is 19.5. The second-order valence-electron chi connectivity index (χ2n) is 7.60. The minimum atomic E-state index is -0.584. The Morgan fingerprint density at radius 2 is 1.97 bits per heavy atom. The molecule has 184 valence electrons. The summed E-state index contributed by atoms with van der Waals surface area (Å²) in [6.45, 7) is 0.102. The van der Waals surface area contributed by atoms with Gasteiger partial charge in [-0.3, -0.25) is 19.9 Å². The van der Waals surface area contributed by atoms with Crippen LogP contribution < -0.4 is 20.5 Å². The molecule has 11 heteroatoms. The highest BCUT2D eigenvalue weighted by Crippen LogP contribution is 2.24. The lowest BCUT2D eigenvalue weighted by Gasteiger charge is -2.11. The van der Waals surface area contributed by atoms with E-state index in [0.717, 1.165) is 0 Å². The molecule has 4 aromatic rings. The van der Waals surface area contributed by atoms with E-state index in [1.165, 1.54) is 25.5 Å². The molecule has 0 aliphatic rings. The highest BCUT2D eigenvalue weighted by molar-refractivity contribution is 5.81. The number of hydrogen-bond acceptors (Lipinski definition) is 9. The normalized spacial score (nSPS) is 10.6. The van der Waals surface area contributed by atoms with Crippen LogP contribution in [0.4, 0.5) is 11.6 Å². The molecular weight excluding hydrogens is 476 g/mol. The third kappa shape index (κ3) is 5.95. The van der Waals surface area contributed by atoms with E-state index in [9.17, 15) is 20.2 Å². The first-order valence-corrected chi connectivity index (χ1v) is 10.9. The molecule has 0 fully saturated rings. The second kappa shape index (κ2) is 11.3. The Morgan fingerprint density at radius 1 is 1.16 bits per heavy atom. The summed E-state index contributed by atoms with van der Waals surface area (Å²) in [5.41, 5.74) is 4.18. The average Bonchev–Trinajstić information content (AvgIpc) is 2.92. The summed E-state index contributed by atoms with van der Waals surface area (Å²) in [6.07, 6.45) is 1.51. The van der Waals surface area contributed by atoms with Crippen molar-refractivity contribution in [2.75, 3.05) is 12.5 Å². The van der Waals surface area contributed by atoms with Crippen molar-refractivity contribution >= 4 is 17.9 Å². The minimum absolute atomic E-state index is 0.0682. The van der Waals surface area contributed by atoms with Crippen molar-refractivity contribution in [3.8, 4) is 28.8 Å². The Morgan fingerprint density at radius 3 is 2.70 bits per heavy atom. The number of aromatic nitrogens is 2. The SMILES string of the molecule is COc1ccc(C=NNc2nc(-c3ccccc3)c(C#N)c(=O)[nH]2)cc1COc1cccc([N+](=O)[O-])c1. The van der Waals surface area contributed by atoms with Gasteiger partial charge in [-0.1, -0.05) is 36.4 Å². The number of benzene rings is 3. The van der Waals surface area contributed by atoms with Crippen LogP contribution in [-0.4, -0.2) is 28.2 Å². The van der Waals surface area contributed by atoms with Crippen molar-refractivity contribution in [1.82, 2.24) is 9.97 Å². The largest absolute Gasteiger partial charge is 0.496 e. The molecule has 37 heavy (non-hydrogen) atoms. The number of aromatic amines is 1. The summed E-state index contributed by atoms with van der Waals surface area (Å²) in [5, 5.41) is 24.5. The third-order valence-electron chi connectivity index (χ3n) is 5.19. The highest BCUT2D eigenvalue weighted by Gasteiger charge is 2.13. The fraction of sp³-hybridized carbons (Fsp3) is 0.0769. The molecular formula is C26H20N6O5. The van der Waals surface area contributed by atoms with Gasteiger partial charge in [-0.15, -0.1) is 0 Å². The summed E-state index contributed by atoms with van der Waals surface area (Å²) in [4.78, 5) is 29.7. The van der Waals surface area contributed by atoms with Crippen LogP contribution in [-0.2, 0) is 6.61 Å². The van der Waals surface area contributed by atoms with Gasteiger partial charge in [0.2, 0.25) is 5.95 Å². The molecule has 2 N–H and O–H groups in total. The molecule has 11 nitrogen and oxygen atoms in total. The van der Waals surface area contributed by atoms with Crippen LogP contribution >= 0.6 is 0 Å². The van der Waals surface area contributed by atoms with Gasteiger partial charge in [0.25, 0.3) is 11.2 Å². The Balaban J connectivity index is 1.52. The maximum absolute atomic E-state index is 12.4. The predicted octanol–water partition coefficient (Wildman–Crippen LogP) is 4.25. The molecule has 0 bridgehead atoms. The van der Waals surface area contributed by atoms with Crippen molar-refractivity contribution < 1.29 is 14.4 Å². The molecule has 0 spiro atoms. The van der Waals surface area contributed by atoms with Crippen LogP contribution in [0.1, 0.15) is 16.7 Å². The number of hydrogen-bond donors (Lipinski definition) is 2. The number of anilines is 1. The molecule has 3 aromatic carbocycles. The number of nitrogens with zero attached hydrogens (tertiary/aromatic N) is 4. The lowest BCUT2D eigenvalue weighted by Crippen LogP contribution is -2.16. The fourth-order valence-electron chi connectivity index (χ4n) is 3.44. The second-order valence-corrected chi connectivity index (χ2v) is 7.60. The van der Waals surface area contributed by atoms with Gasteiger partial charge in [0.1, 0.15) is 29.7 Å². The topological polar surface area (TPSA) is 156 Å². The van der Waals surface area contributed by atoms with Gasteiger partial charge in [0.15, 0.2) is 0 Å². The van der Waals surface area contributed by atoms with Crippen LogP contribution in [0.25, 0.3) is 11.3 Å². The zero-order valence-corrected chi connectivity index (χ0v) is 19.5. The number of nitro benzene ring substituents is 1. The van der Waals surface area contributed by atoms with Gasteiger partial charge in [-0.05, 0) is 29.8 Å². The number of hydrazone groups is 1. The molecule has 1 heterocycles. The van der Waals surface area contributed by atoms with E-state index in [4.69, 9.17) is 9.47 Å². The fourth-order valence-corrected chi connectivity index (χ4v) is 3.44. The molecule has 0 amide bonds. The van der Waals surface area contributed by atoms with Crippen molar-refractivity contribution in [2.24, 2.45) is 5.10 Å². The summed E-state index contributed by atoms with van der Waals surface area (Å²) >= 11 is 0. The van der Waals surface area contributed by atoms with Crippen molar-refractivity contribution in [2.45, 2.75) is 6.61 Å². The number of methoxy groups -OCH3 is 1. The maximum atomic E-state index is 12.4. The molecule has 0 atom stereocenters. The van der Waals surface area contributed by atoms with Gasteiger partial charge >= 0.3 is 0 Å². The predicted molar refractivity (Wildman–Crippen MR) is 137 cm³/mol. The average molecular weight is 496 g/mol. The Bertz CT molecular complexity index is 1560. The highest BCUT2D eigenvalue weighted by atomic mass is 16.6. The summed E-state index contributed by atoms with van der Waals surface area (Å²) in [6, 6.07) is 22.0.